The van der Waals surface area contributed by atoms with E-state index < -0.39 is 11.0 Å². The van der Waals surface area contributed by atoms with E-state index in [2.05, 4.69) is 4.98 Å². The van der Waals surface area contributed by atoms with Gasteiger partial charge in [-0.1, -0.05) is 6.07 Å². The molecule has 10 nitrogen and oxygen atoms in total. The number of imidazole rings is 1. The van der Waals surface area contributed by atoms with Crippen molar-refractivity contribution in [2.45, 2.75) is 32.2 Å². The topological polar surface area (TPSA) is 120 Å². The van der Waals surface area contributed by atoms with Crippen LogP contribution in [-0.2, 0) is 19.6 Å². The van der Waals surface area contributed by atoms with E-state index in [0.717, 1.165) is 11.1 Å². The van der Waals surface area contributed by atoms with Crippen LogP contribution in [0.1, 0.15) is 17.5 Å². The number of nitrogens with zero attached hydrogens (tertiary/aromatic N) is 4. The maximum atomic E-state index is 11.1. The van der Waals surface area contributed by atoms with Gasteiger partial charge in [-0.25, -0.2) is 4.79 Å². The van der Waals surface area contributed by atoms with Crippen molar-refractivity contribution in [3.8, 4) is 11.8 Å². The summed E-state index contributed by atoms with van der Waals surface area (Å²) >= 11 is 0. The summed E-state index contributed by atoms with van der Waals surface area (Å²) in [5.41, 5.74) is 1.91. The summed E-state index contributed by atoms with van der Waals surface area (Å²) in [7, 11) is 0. The second-order valence-electron chi connectivity index (χ2n) is 6.24. The monoisotopic (exact) mass is 360 g/mol. The van der Waals surface area contributed by atoms with Crippen molar-refractivity contribution >= 4 is 11.9 Å². The summed E-state index contributed by atoms with van der Waals surface area (Å²) < 4.78 is 13.1. The third kappa shape index (κ3) is 3.01. The van der Waals surface area contributed by atoms with E-state index in [9.17, 15) is 14.9 Å². The zero-order valence-electron chi connectivity index (χ0n) is 13.7. The largest absolute Gasteiger partial charge is 0.490 e. The van der Waals surface area contributed by atoms with Gasteiger partial charge in [0.25, 0.3) is 0 Å². The second-order valence-corrected chi connectivity index (χ2v) is 6.24. The molecule has 0 aliphatic carbocycles. The van der Waals surface area contributed by atoms with Crippen LogP contribution in [0.2, 0.25) is 0 Å². The van der Waals surface area contributed by atoms with Crippen LogP contribution in [0.5, 0.6) is 11.8 Å². The molecule has 0 unspecified atom stereocenters. The molecule has 1 aromatic heterocycles. The lowest BCUT2D eigenvalue weighted by molar-refractivity contribution is -0.389. The summed E-state index contributed by atoms with van der Waals surface area (Å²) in [6.07, 6.45) is 0.816. The molecule has 0 bridgehead atoms. The number of aryl methyl sites for hydroxylation is 1. The number of aromatic nitrogens is 2. The number of ether oxygens (including phenoxy) is 2. The Labute approximate surface area is 147 Å². The van der Waals surface area contributed by atoms with Crippen molar-refractivity contribution in [2.24, 2.45) is 0 Å². The fourth-order valence-corrected chi connectivity index (χ4v) is 3.12. The zero-order chi connectivity index (χ0) is 18.3. The fraction of sp³-hybridized carbons (Fsp3) is 0.375. The standard InChI is InChI=1S/C16H16N4O6/c21-16(22)19-6-10-1-2-12(5-11(10)7-19)25-9-13-3-4-18-8-14(20(23)24)17-15(18)26-13/h1-2,5,8,13H,3-4,6-7,9H2,(H,21,22)/t13-/m1/s1. The summed E-state index contributed by atoms with van der Waals surface area (Å²) in [6, 6.07) is 5.74. The van der Waals surface area contributed by atoms with E-state index >= 15 is 0 Å². The Morgan fingerprint density at radius 3 is 3.00 bits per heavy atom. The van der Waals surface area contributed by atoms with Crippen molar-refractivity contribution in [2.75, 3.05) is 6.61 Å². The Morgan fingerprint density at radius 1 is 1.42 bits per heavy atom. The zero-order valence-corrected chi connectivity index (χ0v) is 13.7. The number of amides is 1. The van der Waals surface area contributed by atoms with Crippen LogP contribution >= 0.6 is 0 Å². The van der Waals surface area contributed by atoms with Gasteiger partial charge < -0.3 is 24.7 Å². The fourth-order valence-electron chi connectivity index (χ4n) is 3.12. The molecule has 136 valence electrons. The van der Waals surface area contributed by atoms with Crippen LogP contribution in [-0.4, -0.2) is 43.3 Å². The molecule has 2 aliphatic heterocycles. The summed E-state index contributed by atoms with van der Waals surface area (Å²) in [4.78, 5) is 26.5. The third-order valence-electron chi connectivity index (χ3n) is 4.48. The molecule has 0 saturated heterocycles. The highest BCUT2D eigenvalue weighted by Gasteiger charge is 2.29. The average Bonchev–Trinajstić information content (AvgIpc) is 3.23. The van der Waals surface area contributed by atoms with Crippen molar-refractivity contribution in [3.05, 3.63) is 45.6 Å². The molecular formula is C16H16N4O6. The highest BCUT2D eigenvalue weighted by atomic mass is 16.6. The first-order valence-electron chi connectivity index (χ1n) is 8.10. The van der Waals surface area contributed by atoms with Gasteiger partial charge in [0.15, 0.2) is 0 Å². The Kier molecular flexibility index (Phi) is 3.86. The number of fused-ring (bicyclic) bond motifs is 2. The molecule has 0 radical (unpaired) electrons. The van der Waals surface area contributed by atoms with Crippen LogP contribution in [0.3, 0.4) is 0 Å². The number of carbonyl (C=O) groups is 1. The van der Waals surface area contributed by atoms with Crippen LogP contribution in [0.4, 0.5) is 10.6 Å². The van der Waals surface area contributed by atoms with E-state index in [4.69, 9.17) is 14.6 Å². The highest BCUT2D eigenvalue weighted by molar-refractivity contribution is 5.66. The molecular weight excluding hydrogens is 344 g/mol. The maximum absolute atomic E-state index is 11.1. The highest BCUT2D eigenvalue weighted by Crippen LogP contribution is 2.28. The third-order valence-corrected chi connectivity index (χ3v) is 4.48. The van der Waals surface area contributed by atoms with Crippen LogP contribution < -0.4 is 9.47 Å². The molecule has 1 N–H and O–H groups in total. The minimum atomic E-state index is -0.941. The Balaban J connectivity index is 1.37. The van der Waals surface area contributed by atoms with Crippen LogP contribution in [0, 0.1) is 10.1 Å². The molecule has 1 amide bonds. The van der Waals surface area contributed by atoms with Gasteiger partial charge in [0.05, 0.1) is 0 Å². The van der Waals surface area contributed by atoms with Gasteiger partial charge >= 0.3 is 17.9 Å². The number of hydrogen-bond donors (Lipinski definition) is 1. The van der Waals surface area contributed by atoms with E-state index in [1.165, 1.54) is 11.1 Å². The lowest BCUT2D eigenvalue weighted by atomic mass is 10.1. The first kappa shape index (κ1) is 16.2. The molecule has 4 rings (SSSR count). The quantitative estimate of drug-likeness (QED) is 0.654. The van der Waals surface area contributed by atoms with E-state index in [1.807, 2.05) is 12.1 Å². The van der Waals surface area contributed by atoms with Gasteiger partial charge in [0.2, 0.25) is 0 Å². The molecule has 1 aromatic carbocycles. The van der Waals surface area contributed by atoms with Gasteiger partial charge in [-0.15, -0.1) is 0 Å². The molecule has 0 fully saturated rings. The van der Waals surface area contributed by atoms with Gasteiger partial charge in [-0.05, 0) is 28.2 Å². The lowest BCUT2D eigenvalue weighted by Gasteiger charge is -2.22. The SMILES string of the molecule is O=C(O)N1Cc2ccc(OC[C@H]3CCn4cc([N+](=O)[O-])nc4O3)cc2C1. The Bertz CT molecular complexity index is 880. The minimum absolute atomic E-state index is 0.225. The first-order chi connectivity index (χ1) is 12.5. The van der Waals surface area contributed by atoms with Gasteiger partial charge in [-0.2, -0.15) is 0 Å². The van der Waals surface area contributed by atoms with E-state index in [-0.39, 0.29) is 24.5 Å². The minimum Gasteiger partial charge on any atom is -0.490 e. The summed E-state index contributed by atoms with van der Waals surface area (Å²) in [6.45, 7) is 1.59. The number of hydrogen-bond acceptors (Lipinski definition) is 6. The predicted octanol–water partition coefficient (Wildman–Crippen LogP) is 2.01. The predicted molar refractivity (Wildman–Crippen MR) is 87.1 cm³/mol. The van der Waals surface area contributed by atoms with Crippen LogP contribution in [0.25, 0.3) is 0 Å². The molecule has 3 heterocycles. The molecule has 0 spiro atoms. The molecule has 2 aliphatic rings. The Hall–Kier alpha value is -3.30. The van der Waals surface area contributed by atoms with Gasteiger partial charge in [0.1, 0.15) is 24.7 Å². The summed E-state index contributed by atoms with van der Waals surface area (Å²) in [5.74, 6) is 0.405. The summed E-state index contributed by atoms with van der Waals surface area (Å²) in [5, 5.41) is 19.9. The molecule has 2 aromatic rings. The van der Waals surface area contributed by atoms with E-state index in [0.29, 0.717) is 31.8 Å². The number of carboxylic acid groups (broad SMARTS) is 1. The maximum Gasteiger partial charge on any atom is 0.414 e. The van der Waals surface area contributed by atoms with E-state index in [1.54, 1.807) is 10.6 Å². The average molecular weight is 360 g/mol. The van der Waals surface area contributed by atoms with Crippen molar-refractivity contribution in [1.29, 1.82) is 0 Å². The molecule has 10 heteroatoms. The normalized spacial score (nSPS) is 18.0. The molecule has 0 saturated carbocycles. The van der Waals surface area contributed by atoms with Crippen LogP contribution in [0.15, 0.2) is 24.4 Å². The Morgan fingerprint density at radius 2 is 2.23 bits per heavy atom. The van der Waals surface area contributed by atoms with Crippen molar-refractivity contribution < 1.29 is 24.3 Å². The molecule has 26 heavy (non-hydrogen) atoms. The van der Waals surface area contributed by atoms with Crippen molar-refractivity contribution in [1.82, 2.24) is 14.5 Å². The van der Waals surface area contributed by atoms with Crippen molar-refractivity contribution in [3.63, 3.8) is 0 Å². The van der Waals surface area contributed by atoms with Gasteiger partial charge in [0, 0.05) is 31.0 Å². The smallest absolute Gasteiger partial charge is 0.414 e. The second kappa shape index (κ2) is 6.21. The lowest BCUT2D eigenvalue weighted by Crippen LogP contribution is -2.31. The first-order valence-corrected chi connectivity index (χ1v) is 8.10. The number of nitro groups is 1. The number of benzene rings is 1. The van der Waals surface area contributed by atoms with Gasteiger partial charge in [-0.3, -0.25) is 9.47 Å². The number of rotatable bonds is 4. The molecule has 1 atom stereocenters.